The molecule has 0 radical (unpaired) electrons. The molecule has 1 unspecified atom stereocenters. The Bertz CT molecular complexity index is 399. The van der Waals surface area contributed by atoms with Gasteiger partial charge in [0.25, 0.3) is 5.91 Å². The highest BCUT2D eigenvalue weighted by atomic mass is 32.2. The molecular formula is C13H18N2OS2. The molecule has 98 valence electrons. The van der Waals surface area contributed by atoms with E-state index in [0.717, 1.165) is 12.8 Å². The Morgan fingerprint density at radius 3 is 2.72 bits per heavy atom. The van der Waals surface area contributed by atoms with Crippen molar-refractivity contribution in [3.8, 4) is 0 Å². The van der Waals surface area contributed by atoms with Crippen LogP contribution < -0.4 is 0 Å². The molecule has 1 amide bonds. The maximum absolute atomic E-state index is 12.2. The molecule has 1 heterocycles. The molecule has 0 saturated carbocycles. The molecule has 1 aliphatic rings. The third-order valence-corrected chi connectivity index (χ3v) is 5.03. The van der Waals surface area contributed by atoms with Crippen LogP contribution >= 0.6 is 23.9 Å². The van der Waals surface area contributed by atoms with Gasteiger partial charge in [-0.15, -0.1) is 11.8 Å². The van der Waals surface area contributed by atoms with Gasteiger partial charge in [0.15, 0.2) is 0 Å². The summed E-state index contributed by atoms with van der Waals surface area (Å²) in [5.74, 6) is 0.950. The van der Waals surface area contributed by atoms with Gasteiger partial charge in [0, 0.05) is 24.1 Å². The van der Waals surface area contributed by atoms with Crippen molar-refractivity contribution in [1.29, 1.82) is 0 Å². The largest absolute Gasteiger partial charge is 0.272 e. The van der Waals surface area contributed by atoms with Crippen LogP contribution in [0.25, 0.3) is 0 Å². The smallest absolute Gasteiger partial charge is 0.252 e. The molecular weight excluding hydrogens is 264 g/mol. The molecule has 1 saturated heterocycles. The van der Waals surface area contributed by atoms with Crippen molar-refractivity contribution in [3.63, 3.8) is 0 Å². The van der Waals surface area contributed by atoms with E-state index in [1.807, 2.05) is 29.6 Å². The summed E-state index contributed by atoms with van der Waals surface area (Å²) in [6, 6.07) is 10.2. The van der Waals surface area contributed by atoms with Crippen LogP contribution in [-0.2, 0) is 4.79 Å². The maximum Gasteiger partial charge on any atom is 0.252 e. The van der Waals surface area contributed by atoms with Gasteiger partial charge in [-0.3, -0.25) is 9.10 Å². The number of carbonyl (C=O) groups is 1. The lowest BCUT2D eigenvalue weighted by Crippen LogP contribution is -2.30. The van der Waals surface area contributed by atoms with Crippen LogP contribution in [0, 0.1) is 0 Å². The Morgan fingerprint density at radius 2 is 2.06 bits per heavy atom. The van der Waals surface area contributed by atoms with Gasteiger partial charge in [0.2, 0.25) is 0 Å². The quantitative estimate of drug-likeness (QED) is 0.611. The molecule has 0 aromatic heterocycles. The van der Waals surface area contributed by atoms with Crippen molar-refractivity contribution < 1.29 is 4.79 Å². The summed E-state index contributed by atoms with van der Waals surface area (Å²) < 4.78 is 3.93. The van der Waals surface area contributed by atoms with Gasteiger partial charge < -0.3 is 0 Å². The van der Waals surface area contributed by atoms with Crippen LogP contribution in [0.5, 0.6) is 0 Å². The number of nitrogens with zero attached hydrogens (tertiary/aromatic N) is 2. The standard InChI is InChI=1S/C13H18N2OS2/c1-3-7-12-13(16)15(18-14(12)2)10-17-11-8-5-4-6-9-11/h4-6,8-9,12H,3,7,10H2,1-2H3. The summed E-state index contributed by atoms with van der Waals surface area (Å²) in [7, 11) is 2.00. The fourth-order valence-corrected chi connectivity index (χ4v) is 3.80. The van der Waals surface area contributed by atoms with E-state index in [2.05, 4.69) is 23.4 Å². The number of amides is 1. The predicted octanol–water partition coefficient (Wildman–Crippen LogP) is 3.24. The molecule has 2 rings (SSSR count). The molecule has 1 aliphatic heterocycles. The van der Waals surface area contributed by atoms with Crippen LogP contribution in [0.15, 0.2) is 35.2 Å². The Hall–Kier alpha value is -0.650. The number of thioether (sulfide) groups is 1. The minimum atomic E-state index is 0.0522. The summed E-state index contributed by atoms with van der Waals surface area (Å²) in [5, 5.41) is 0. The zero-order chi connectivity index (χ0) is 13.0. The molecule has 1 fully saturated rings. The zero-order valence-electron chi connectivity index (χ0n) is 10.7. The van der Waals surface area contributed by atoms with Crippen LogP contribution in [0.2, 0.25) is 0 Å². The number of benzene rings is 1. The predicted molar refractivity (Wildman–Crippen MR) is 78.1 cm³/mol. The molecule has 3 nitrogen and oxygen atoms in total. The van der Waals surface area contributed by atoms with Crippen molar-refractivity contribution in [2.75, 3.05) is 12.9 Å². The Balaban J connectivity index is 1.89. The van der Waals surface area contributed by atoms with Crippen molar-refractivity contribution >= 4 is 29.8 Å². The van der Waals surface area contributed by atoms with Gasteiger partial charge in [-0.25, -0.2) is 4.31 Å². The van der Waals surface area contributed by atoms with E-state index in [0.29, 0.717) is 5.88 Å². The van der Waals surface area contributed by atoms with Crippen molar-refractivity contribution in [2.45, 2.75) is 30.7 Å². The summed E-state index contributed by atoms with van der Waals surface area (Å²) in [4.78, 5) is 13.4. The van der Waals surface area contributed by atoms with E-state index in [1.54, 1.807) is 11.8 Å². The molecule has 5 heteroatoms. The van der Waals surface area contributed by atoms with Crippen molar-refractivity contribution in [1.82, 2.24) is 8.61 Å². The van der Waals surface area contributed by atoms with Gasteiger partial charge in [-0.05, 0) is 18.6 Å². The van der Waals surface area contributed by atoms with E-state index in [4.69, 9.17) is 0 Å². The Kier molecular flexibility index (Phi) is 4.97. The second-order valence-electron chi connectivity index (χ2n) is 4.24. The minimum absolute atomic E-state index is 0.0522. The number of hydrogen-bond donors (Lipinski definition) is 0. The highest BCUT2D eigenvalue weighted by Crippen LogP contribution is 2.33. The summed E-state index contributed by atoms with van der Waals surface area (Å²) in [6.45, 7) is 2.12. The molecule has 0 bridgehead atoms. The third-order valence-electron chi connectivity index (χ3n) is 2.85. The van der Waals surface area contributed by atoms with Gasteiger partial charge in [0.1, 0.15) is 6.04 Å². The lowest BCUT2D eigenvalue weighted by atomic mass is 10.1. The second kappa shape index (κ2) is 6.50. The first-order valence-corrected chi connectivity index (χ1v) is 7.84. The van der Waals surface area contributed by atoms with Gasteiger partial charge in [0.05, 0.1) is 5.88 Å². The first-order valence-electron chi connectivity index (χ1n) is 6.12. The summed E-state index contributed by atoms with van der Waals surface area (Å²) in [5.41, 5.74) is 0. The average Bonchev–Trinajstić information content (AvgIpc) is 2.66. The van der Waals surface area contributed by atoms with Crippen molar-refractivity contribution in [2.24, 2.45) is 0 Å². The molecule has 18 heavy (non-hydrogen) atoms. The van der Waals surface area contributed by atoms with Crippen LogP contribution in [-0.4, -0.2) is 33.5 Å². The normalized spacial score (nSPS) is 20.7. The number of rotatable bonds is 5. The number of carbonyl (C=O) groups excluding carboxylic acids is 1. The van der Waals surface area contributed by atoms with E-state index < -0.39 is 0 Å². The van der Waals surface area contributed by atoms with Gasteiger partial charge in [-0.2, -0.15) is 0 Å². The monoisotopic (exact) mass is 282 g/mol. The molecule has 0 aliphatic carbocycles. The minimum Gasteiger partial charge on any atom is -0.272 e. The highest BCUT2D eigenvalue weighted by molar-refractivity contribution is 8.01. The third kappa shape index (κ3) is 3.22. The molecule has 1 atom stereocenters. The van der Waals surface area contributed by atoms with Gasteiger partial charge >= 0.3 is 0 Å². The molecule has 1 aromatic rings. The lowest BCUT2D eigenvalue weighted by Gasteiger charge is -2.12. The van der Waals surface area contributed by atoms with E-state index >= 15 is 0 Å². The fraction of sp³-hybridized carbons (Fsp3) is 0.462. The molecule has 1 aromatic carbocycles. The number of likely N-dealkylation sites (N-methyl/N-ethyl adjacent to an activating group) is 1. The second-order valence-corrected chi connectivity index (χ2v) is 6.43. The summed E-state index contributed by atoms with van der Waals surface area (Å²) in [6.07, 6.45) is 1.98. The van der Waals surface area contributed by atoms with E-state index in [1.165, 1.54) is 17.0 Å². The lowest BCUT2D eigenvalue weighted by molar-refractivity contribution is -0.127. The Morgan fingerprint density at radius 1 is 1.33 bits per heavy atom. The molecule has 0 spiro atoms. The topological polar surface area (TPSA) is 23.6 Å². The summed E-state index contributed by atoms with van der Waals surface area (Å²) >= 11 is 3.24. The van der Waals surface area contributed by atoms with Crippen LogP contribution in [0.3, 0.4) is 0 Å². The van der Waals surface area contributed by atoms with Crippen LogP contribution in [0.4, 0.5) is 0 Å². The average molecular weight is 282 g/mol. The number of hydrogen-bond acceptors (Lipinski definition) is 4. The first-order chi connectivity index (χ1) is 8.72. The first kappa shape index (κ1) is 13.8. The van der Waals surface area contributed by atoms with Crippen LogP contribution in [0.1, 0.15) is 19.8 Å². The Labute approximate surface area is 117 Å². The zero-order valence-corrected chi connectivity index (χ0v) is 12.3. The van der Waals surface area contributed by atoms with E-state index in [9.17, 15) is 4.79 Å². The maximum atomic E-state index is 12.2. The SMILES string of the molecule is CCCC1C(=O)N(CSc2ccccc2)SN1C. The van der Waals surface area contributed by atoms with E-state index in [-0.39, 0.29) is 11.9 Å². The van der Waals surface area contributed by atoms with Crippen molar-refractivity contribution in [3.05, 3.63) is 30.3 Å². The van der Waals surface area contributed by atoms with Gasteiger partial charge in [-0.1, -0.05) is 31.5 Å². The molecule has 0 N–H and O–H groups in total. The fourth-order valence-electron chi connectivity index (χ4n) is 1.89. The highest BCUT2D eigenvalue weighted by Gasteiger charge is 2.36.